The molecule has 1 aromatic carbocycles. The molecule has 0 spiro atoms. The number of nitrogens with zero attached hydrogens (tertiary/aromatic N) is 5. The highest BCUT2D eigenvalue weighted by molar-refractivity contribution is 5.93. The second-order valence-corrected chi connectivity index (χ2v) is 6.39. The third-order valence-electron chi connectivity index (χ3n) is 4.43. The maximum absolute atomic E-state index is 12.2. The molecule has 0 radical (unpaired) electrons. The molecule has 0 bridgehead atoms. The van der Waals surface area contributed by atoms with Gasteiger partial charge in [0.05, 0.1) is 17.4 Å². The molecule has 28 heavy (non-hydrogen) atoms. The Morgan fingerprint density at radius 2 is 2.21 bits per heavy atom. The number of benzene rings is 1. The maximum Gasteiger partial charge on any atom is 0.226 e. The Morgan fingerprint density at radius 3 is 3.04 bits per heavy atom. The lowest BCUT2D eigenvalue weighted by atomic mass is 10.2. The topological polar surface area (TPSA) is 98.7 Å². The second-order valence-electron chi connectivity index (χ2n) is 6.39. The van der Waals surface area contributed by atoms with Crippen LogP contribution in [0, 0.1) is 0 Å². The fourth-order valence-electron chi connectivity index (χ4n) is 2.99. The van der Waals surface area contributed by atoms with Gasteiger partial charge in [0.15, 0.2) is 0 Å². The van der Waals surface area contributed by atoms with Crippen molar-refractivity contribution < 1.29 is 9.32 Å². The van der Waals surface area contributed by atoms with Gasteiger partial charge in [0.1, 0.15) is 0 Å². The van der Waals surface area contributed by atoms with Crippen LogP contribution in [0.25, 0.3) is 22.4 Å². The Balaban J connectivity index is 1.30. The first-order chi connectivity index (χ1) is 13.7. The number of nitrogens with one attached hydrogen (secondary N) is 1. The standard InChI is InChI=1S/C20H20N6O2/c1-2-26-13-22-16-11-15(8-9-17(16)26)23-18(27)6-3-7-19-24-20(25-28-19)14-5-4-10-21-12-14/h4-5,8-13H,2-3,6-7H2,1H3,(H,23,27). The maximum atomic E-state index is 12.2. The third-order valence-corrected chi connectivity index (χ3v) is 4.43. The number of pyridine rings is 1. The van der Waals surface area contributed by atoms with Gasteiger partial charge >= 0.3 is 0 Å². The Kier molecular flexibility index (Phi) is 5.09. The van der Waals surface area contributed by atoms with Gasteiger partial charge in [0, 0.05) is 43.0 Å². The first-order valence-corrected chi connectivity index (χ1v) is 9.20. The predicted octanol–water partition coefficient (Wildman–Crippen LogP) is 3.46. The molecule has 1 amide bonds. The molecule has 8 heteroatoms. The normalized spacial score (nSPS) is 11.0. The van der Waals surface area contributed by atoms with E-state index < -0.39 is 0 Å². The summed E-state index contributed by atoms with van der Waals surface area (Å²) in [5.41, 5.74) is 3.47. The van der Waals surface area contributed by atoms with E-state index in [0.717, 1.165) is 28.8 Å². The molecule has 0 atom stereocenters. The highest BCUT2D eigenvalue weighted by Crippen LogP contribution is 2.19. The zero-order chi connectivity index (χ0) is 19.3. The third kappa shape index (κ3) is 3.90. The fraction of sp³-hybridized carbons (Fsp3) is 0.250. The molecule has 0 saturated carbocycles. The van der Waals surface area contributed by atoms with Gasteiger partial charge in [-0.05, 0) is 43.7 Å². The van der Waals surface area contributed by atoms with Crippen LogP contribution in [0.3, 0.4) is 0 Å². The van der Waals surface area contributed by atoms with Crippen molar-refractivity contribution in [1.29, 1.82) is 0 Å². The van der Waals surface area contributed by atoms with E-state index in [0.29, 0.717) is 31.0 Å². The smallest absolute Gasteiger partial charge is 0.226 e. The Morgan fingerprint density at radius 1 is 1.29 bits per heavy atom. The number of carbonyl (C=O) groups excluding carboxylic acids is 1. The molecule has 3 heterocycles. The Labute approximate surface area is 161 Å². The van der Waals surface area contributed by atoms with Crippen molar-refractivity contribution in [3.63, 3.8) is 0 Å². The predicted molar refractivity (Wildman–Crippen MR) is 105 cm³/mol. The van der Waals surface area contributed by atoms with Crippen LogP contribution in [0.15, 0.2) is 53.6 Å². The SMILES string of the molecule is CCn1cnc2cc(NC(=O)CCCc3nc(-c4cccnc4)no3)ccc21. The molecule has 0 fully saturated rings. The molecular weight excluding hydrogens is 356 g/mol. The molecule has 4 rings (SSSR count). The average molecular weight is 376 g/mol. The van der Waals surface area contributed by atoms with Crippen molar-refractivity contribution in [2.45, 2.75) is 32.7 Å². The molecule has 3 aromatic heterocycles. The van der Waals surface area contributed by atoms with Crippen molar-refractivity contribution in [2.24, 2.45) is 0 Å². The lowest BCUT2D eigenvalue weighted by Gasteiger charge is -2.05. The lowest BCUT2D eigenvalue weighted by Crippen LogP contribution is -2.11. The molecule has 0 aliphatic rings. The van der Waals surface area contributed by atoms with Crippen LogP contribution in [-0.2, 0) is 17.8 Å². The number of rotatable bonds is 7. The summed E-state index contributed by atoms with van der Waals surface area (Å²) in [7, 11) is 0. The summed E-state index contributed by atoms with van der Waals surface area (Å²) < 4.78 is 7.31. The van der Waals surface area contributed by atoms with Crippen molar-refractivity contribution in [1.82, 2.24) is 24.7 Å². The minimum absolute atomic E-state index is 0.0544. The Bertz CT molecular complexity index is 1090. The minimum atomic E-state index is -0.0544. The zero-order valence-electron chi connectivity index (χ0n) is 15.5. The first kappa shape index (κ1) is 17.8. The number of imidazole rings is 1. The van der Waals surface area contributed by atoms with Gasteiger partial charge in [-0.25, -0.2) is 4.98 Å². The molecule has 0 aliphatic heterocycles. The van der Waals surface area contributed by atoms with E-state index in [9.17, 15) is 4.79 Å². The number of fused-ring (bicyclic) bond motifs is 1. The molecule has 8 nitrogen and oxygen atoms in total. The number of anilines is 1. The van der Waals surface area contributed by atoms with Crippen molar-refractivity contribution in [2.75, 3.05) is 5.32 Å². The zero-order valence-corrected chi connectivity index (χ0v) is 15.5. The highest BCUT2D eigenvalue weighted by Gasteiger charge is 2.10. The van der Waals surface area contributed by atoms with E-state index in [1.807, 2.05) is 30.3 Å². The second kappa shape index (κ2) is 7.99. The quantitative estimate of drug-likeness (QED) is 0.530. The van der Waals surface area contributed by atoms with Gasteiger partial charge in [-0.2, -0.15) is 4.98 Å². The van der Waals surface area contributed by atoms with Gasteiger partial charge in [-0.15, -0.1) is 0 Å². The summed E-state index contributed by atoms with van der Waals surface area (Å²) in [6.45, 7) is 2.93. The van der Waals surface area contributed by atoms with Crippen molar-refractivity contribution >= 4 is 22.6 Å². The van der Waals surface area contributed by atoms with Crippen LogP contribution in [0.5, 0.6) is 0 Å². The van der Waals surface area contributed by atoms with Gasteiger partial charge in [-0.3, -0.25) is 9.78 Å². The van der Waals surface area contributed by atoms with E-state index in [2.05, 4.69) is 36.9 Å². The Hall–Kier alpha value is -3.55. The summed E-state index contributed by atoms with van der Waals surface area (Å²) in [5.74, 6) is 0.965. The van der Waals surface area contributed by atoms with Crippen LogP contribution in [0.4, 0.5) is 5.69 Å². The summed E-state index contributed by atoms with van der Waals surface area (Å²) >= 11 is 0. The van der Waals surface area contributed by atoms with Crippen LogP contribution in [0.2, 0.25) is 0 Å². The van der Waals surface area contributed by atoms with Crippen molar-refractivity contribution in [3.05, 3.63) is 54.9 Å². The molecule has 1 N–H and O–H groups in total. The summed E-state index contributed by atoms with van der Waals surface area (Å²) in [4.78, 5) is 25.0. The lowest BCUT2D eigenvalue weighted by molar-refractivity contribution is -0.116. The average Bonchev–Trinajstić information content (AvgIpc) is 3.35. The minimum Gasteiger partial charge on any atom is -0.339 e. The summed E-state index contributed by atoms with van der Waals surface area (Å²) in [6.07, 6.45) is 6.71. The van der Waals surface area contributed by atoms with Crippen LogP contribution >= 0.6 is 0 Å². The molecular formula is C20H20N6O2. The number of carbonyl (C=O) groups is 1. The summed E-state index contributed by atoms with van der Waals surface area (Å²) in [6, 6.07) is 9.44. The van der Waals surface area contributed by atoms with Crippen LogP contribution < -0.4 is 5.32 Å². The first-order valence-electron chi connectivity index (χ1n) is 9.20. The monoisotopic (exact) mass is 376 g/mol. The van der Waals surface area contributed by atoms with E-state index in [1.165, 1.54) is 0 Å². The van der Waals surface area contributed by atoms with E-state index in [1.54, 1.807) is 18.7 Å². The van der Waals surface area contributed by atoms with Crippen LogP contribution in [-0.4, -0.2) is 30.6 Å². The van der Waals surface area contributed by atoms with Gasteiger partial charge in [-0.1, -0.05) is 5.16 Å². The number of hydrogen-bond donors (Lipinski definition) is 1. The van der Waals surface area contributed by atoms with Gasteiger partial charge in [0.2, 0.25) is 17.6 Å². The summed E-state index contributed by atoms with van der Waals surface area (Å²) in [5, 5.41) is 6.87. The molecule has 4 aromatic rings. The largest absolute Gasteiger partial charge is 0.339 e. The molecule has 0 aliphatic carbocycles. The van der Waals surface area contributed by atoms with E-state index in [-0.39, 0.29) is 5.91 Å². The van der Waals surface area contributed by atoms with E-state index >= 15 is 0 Å². The molecule has 0 saturated heterocycles. The number of aromatic nitrogens is 5. The molecule has 0 unspecified atom stereocenters. The highest BCUT2D eigenvalue weighted by atomic mass is 16.5. The number of amides is 1. The number of aryl methyl sites for hydroxylation is 2. The van der Waals surface area contributed by atoms with E-state index in [4.69, 9.17) is 4.52 Å². The van der Waals surface area contributed by atoms with Gasteiger partial charge < -0.3 is 14.4 Å². The fourth-order valence-corrected chi connectivity index (χ4v) is 2.99. The molecule has 142 valence electrons. The van der Waals surface area contributed by atoms with Crippen molar-refractivity contribution in [3.8, 4) is 11.4 Å². The van der Waals surface area contributed by atoms with Crippen LogP contribution in [0.1, 0.15) is 25.7 Å². The number of hydrogen-bond acceptors (Lipinski definition) is 6. The van der Waals surface area contributed by atoms with Gasteiger partial charge in [0.25, 0.3) is 0 Å².